The third-order valence-corrected chi connectivity index (χ3v) is 2.77. The fraction of sp³-hybridized carbons (Fsp3) is 0.182. The molecular formula is C11H11N3O2S. The maximum absolute atomic E-state index is 11.7. The van der Waals surface area contributed by atoms with Gasteiger partial charge in [0, 0.05) is 0 Å². The molecule has 2 aromatic rings. The molecular weight excluding hydrogens is 238 g/mol. The van der Waals surface area contributed by atoms with Gasteiger partial charge in [-0.1, -0.05) is 6.07 Å². The molecule has 5 nitrogen and oxygen atoms in total. The van der Waals surface area contributed by atoms with Crippen LogP contribution < -0.4 is 10.1 Å². The molecule has 0 aliphatic carbocycles. The summed E-state index contributed by atoms with van der Waals surface area (Å²) in [5, 5.41) is 4.56. The number of rotatable bonds is 4. The highest BCUT2D eigenvalue weighted by Gasteiger charge is 2.07. The van der Waals surface area contributed by atoms with Crippen molar-refractivity contribution < 1.29 is 9.53 Å². The Morgan fingerprint density at radius 3 is 2.82 bits per heavy atom. The summed E-state index contributed by atoms with van der Waals surface area (Å²) in [7, 11) is 0. The largest absolute Gasteiger partial charge is 0.464 e. The van der Waals surface area contributed by atoms with E-state index in [1.54, 1.807) is 6.07 Å². The molecule has 0 bridgehead atoms. The van der Waals surface area contributed by atoms with E-state index in [1.165, 1.54) is 23.7 Å². The summed E-state index contributed by atoms with van der Waals surface area (Å²) in [5.74, 6) is -0.159. The number of ether oxygens (including phenoxy) is 1. The van der Waals surface area contributed by atoms with Crippen LogP contribution in [0, 0.1) is 0 Å². The second-order valence-electron chi connectivity index (χ2n) is 3.12. The molecule has 17 heavy (non-hydrogen) atoms. The van der Waals surface area contributed by atoms with Gasteiger partial charge in [0.05, 0.1) is 29.6 Å². The fourth-order valence-electron chi connectivity index (χ4n) is 1.18. The number of hydrogen-bond acceptors (Lipinski definition) is 5. The molecule has 0 atom stereocenters. The van der Waals surface area contributed by atoms with E-state index in [4.69, 9.17) is 4.74 Å². The van der Waals surface area contributed by atoms with Gasteiger partial charge in [0.15, 0.2) is 0 Å². The van der Waals surface area contributed by atoms with E-state index < -0.39 is 0 Å². The summed E-state index contributed by atoms with van der Waals surface area (Å²) < 4.78 is 5.11. The number of nitrogens with one attached hydrogen (secondary N) is 1. The minimum Gasteiger partial charge on any atom is -0.464 e. The van der Waals surface area contributed by atoms with Gasteiger partial charge in [-0.05, 0) is 18.4 Å². The van der Waals surface area contributed by atoms with Crippen molar-refractivity contribution in [2.75, 3.05) is 11.9 Å². The van der Waals surface area contributed by atoms with Gasteiger partial charge in [0.1, 0.15) is 0 Å². The van der Waals surface area contributed by atoms with E-state index in [9.17, 15) is 4.79 Å². The summed E-state index contributed by atoms with van der Waals surface area (Å²) in [4.78, 5) is 20.3. The Bertz CT molecular complexity index is 482. The number of anilines is 1. The van der Waals surface area contributed by atoms with Crippen molar-refractivity contribution in [3.63, 3.8) is 0 Å². The number of hydrogen-bond donors (Lipinski definition) is 1. The molecule has 0 saturated heterocycles. The van der Waals surface area contributed by atoms with E-state index >= 15 is 0 Å². The van der Waals surface area contributed by atoms with Crippen LogP contribution in [0.4, 0.5) is 5.69 Å². The van der Waals surface area contributed by atoms with Gasteiger partial charge in [-0.25, -0.2) is 9.97 Å². The van der Waals surface area contributed by atoms with Crippen molar-refractivity contribution in [2.24, 2.45) is 0 Å². The summed E-state index contributed by atoms with van der Waals surface area (Å²) in [5.41, 5.74) is 0.548. The van der Waals surface area contributed by atoms with Crippen LogP contribution in [-0.2, 0) is 0 Å². The summed E-state index contributed by atoms with van der Waals surface area (Å²) in [6.45, 7) is 2.37. The Hall–Kier alpha value is -1.95. The summed E-state index contributed by atoms with van der Waals surface area (Å²) in [6, 6.07) is 3.89. The first-order valence-electron chi connectivity index (χ1n) is 5.09. The zero-order valence-corrected chi connectivity index (χ0v) is 10.0. The van der Waals surface area contributed by atoms with E-state index in [-0.39, 0.29) is 5.91 Å². The van der Waals surface area contributed by atoms with Gasteiger partial charge in [0.2, 0.25) is 0 Å². The minimum atomic E-state index is -0.159. The Kier molecular flexibility index (Phi) is 3.66. The van der Waals surface area contributed by atoms with E-state index in [1.807, 2.05) is 18.4 Å². The fourth-order valence-corrected chi connectivity index (χ4v) is 1.80. The molecule has 0 radical (unpaired) electrons. The SMILES string of the molecule is CCOc1ncc(NC(=O)c2cccs2)cn1. The lowest BCUT2D eigenvalue weighted by molar-refractivity contribution is 0.103. The zero-order valence-electron chi connectivity index (χ0n) is 9.21. The maximum Gasteiger partial charge on any atom is 0.316 e. The quantitative estimate of drug-likeness (QED) is 0.902. The minimum absolute atomic E-state index is 0.159. The second-order valence-corrected chi connectivity index (χ2v) is 4.07. The third-order valence-electron chi connectivity index (χ3n) is 1.90. The lowest BCUT2D eigenvalue weighted by atomic mass is 10.4. The van der Waals surface area contributed by atoms with Crippen molar-refractivity contribution in [1.29, 1.82) is 0 Å². The van der Waals surface area contributed by atoms with Gasteiger partial charge < -0.3 is 10.1 Å². The first-order valence-corrected chi connectivity index (χ1v) is 5.97. The molecule has 1 N–H and O–H groups in total. The van der Waals surface area contributed by atoms with Crippen LogP contribution in [0.15, 0.2) is 29.9 Å². The highest BCUT2D eigenvalue weighted by atomic mass is 32.1. The Labute approximate surface area is 102 Å². The summed E-state index contributed by atoms with van der Waals surface area (Å²) >= 11 is 1.38. The van der Waals surface area contributed by atoms with Gasteiger partial charge in [-0.15, -0.1) is 11.3 Å². The van der Waals surface area contributed by atoms with Crippen LogP contribution in [0.5, 0.6) is 6.01 Å². The topological polar surface area (TPSA) is 64.1 Å². The molecule has 6 heteroatoms. The first kappa shape index (κ1) is 11.5. The van der Waals surface area contributed by atoms with Crippen molar-refractivity contribution in [3.8, 4) is 6.01 Å². The smallest absolute Gasteiger partial charge is 0.316 e. The van der Waals surface area contributed by atoms with Crippen molar-refractivity contribution in [1.82, 2.24) is 9.97 Å². The van der Waals surface area contributed by atoms with Gasteiger partial charge >= 0.3 is 6.01 Å². The van der Waals surface area contributed by atoms with Crippen LogP contribution in [0.25, 0.3) is 0 Å². The molecule has 0 spiro atoms. The van der Waals surface area contributed by atoms with E-state index in [0.29, 0.717) is 23.2 Å². The lowest BCUT2D eigenvalue weighted by Gasteiger charge is -2.04. The average molecular weight is 249 g/mol. The Balaban J connectivity index is 2.01. The highest BCUT2D eigenvalue weighted by molar-refractivity contribution is 7.12. The maximum atomic E-state index is 11.7. The number of carbonyl (C=O) groups is 1. The predicted molar refractivity (Wildman–Crippen MR) is 65.5 cm³/mol. The van der Waals surface area contributed by atoms with E-state index in [0.717, 1.165) is 0 Å². The lowest BCUT2D eigenvalue weighted by Crippen LogP contribution is -2.10. The zero-order chi connectivity index (χ0) is 12.1. The standard InChI is InChI=1S/C11H11N3O2S/c1-2-16-11-12-6-8(7-13-11)14-10(15)9-4-3-5-17-9/h3-7H,2H2,1H3,(H,14,15). The molecule has 2 heterocycles. The van der Waals surface area contributed by atoms with Crippen molar-refractivity contribution >= 4 is 22.9 Å². The Morgan fingerprint density at radius 1 is 1.47 bits per heavy atom. The molecule has 0 aromatic carbocycles. The first-order chi connectivity index (χ1) is 8.29. The number of carbonyl (C=O) groups excluding carboxylic acids is 1. The third kappa shape index (κ3) is 3.01. The molecule has 2 aromatic heterocycles. The molecule has 0 unspecified atom stereocenters. The van der Waals surface area contributed by atoms with Crippen LogP contribution >= 0.6 is 11.3 Å². The molecule has 0 aliphatic rings. The molecule has 88 valence electrons. The second kappa shape index (κ2) is 5.40. The van der Waals surface area contributed by atoms with E-state index in [2.05, 4.69) is 15.3 Å². The molecule has 0 aliphatic heterocycles. The molecule has 1 amide bonds. The van der Waals surface area contributed by atoms with Crippen LogP contribution in [0.3, 0.4) is 0 Å². The number of amides is 1. The van der Waals surface area contributed by atoms with Gasteiger partial charge in [-0.3, -0.25) is 4.79 Å². The predicted octanol–water partition coefficient (Wildman–Crippen LogP) is 2.19. The van der Waals surface area contributed by atoms with Crippen molar-refractivity contribution in [2.45, 2.75) is 6.92 Å². The molecule has 2 rings (SSSR count). The summed E-state index contributed by atoms with van der Waals surface area (Å²) in [6.07, 6.45) is 3.03. The van der Waals surface area contributed by atoms with Crippen LogP contribution in [0.1, 0.15) is 16.6 Å². The Morgan fingerprint density at radius 2 is 2.24 bits per heavy atom. The van der Waals surface area contributed by atoms with Crippen LogP contribution in [0.2, 0.25) is 0 Å². The number of thiophene rings is 1. The average Bonchev–Trinajstić information content (AvgIpc) is 2.86. The van der Waals surface area contributed by atoms with Gasteiger partial charge in [-0.2, -0.15) is 0 Å². The molecule has 0 saturated carbocycles. The van der Waals surface area contributed by atoms with Gasteiger partial charge in [0.25, 0.3) is 5.91 Å². The van der Waals surface area contributed by atoms with Crippen molar-refractivity contribution in [3.05, 3.63) is 34.8 Å². The number of aromatic nitrogens is 2. The number of nitrogens with zero attached hydrogens (tertiary/aromatic N) is 2. The highest BCUT2D eigenvalue weighted by Crippen LogP contribution is 2.12. The monoisotopic (exact) mass is 249 g/mol. The molecule has 0 fully saturated rings. The van der Waals surface area contributed by atoms with Crippen LogP contribution in [-0.4, -0.2) is 22.5 Å². The normalized spacial score (nSPS) is 9.94.